The van der Waals surface area contributed by atoms with Crippen LogP contribution in [0.2, 0.25) is 10.0 Å². The average Bonchev–Trinajstić information content (AvgIpc) is 2.50. The summed E-state index contributed by atoms with van der Waals surface area (Å²) in [5.74, 6) is 0.679. The van der Waals surface area contributed by atoms with Gasteiger partial charge in [0.25, 0.3) is 0 Å². The summed E-state index contributed by atoms with van der Waals surface area (Å²) >= 11 is 12.2. The summed E-state index contributed by atoms with van der Waals surface area (Å²) in [5.41, 5.74) is 12.6. The summed E-state index contributed by atoms with van der Waals surface area (Å²) in [6, 6.07) is 3.44. The highest BCUT2D eigenvalue weighted by Gasteiger charge is 2.30. The Hall–Kier alpha value is -0.480. The normalized spacial score (nSPS) is 19.4. The van der Waals surface area contributed by atoms with E-state index in [4.69, 9.17) is 34.7 Å². The van der Waals surface area contributed by atoms with E-state index in [1.54, 1.807) is 12.1 Å². The molecule has 1 saturated carbocycles. The van der Waals surface area contributed by atoms with Crippen molar-refractivity contribution < 1.29 is 5.11 Å². The van der Waals surface area contributed by atoms with E-state index in [1.165, 1.54) is 19.3 Å². The van der Waals surface area contributed by atoms with E-state index in [-0.39, 0.29) is 5.92 Å². The first-order chi connectivity index (χ1) is 10.0. The lowest BCUT2D eigenvalue weighted by atomic mass is 9.74. The minimum absolute atomic E-state index is 0.158. The zero-order chi connectivity index (χ0) is 15.4. The second-order valence-electron chi connectivity index (χ2n) is 5.98. The van der Waals surface area contributed by atoms with Crippen molar-refractivity contribution in [2.45, 2.75) is 44.6 Å². The Kier molecular flexibility index (Phi) is 6.18. The molecule has 2 rings (SSSR count). The molecule has 0 spiro atoms. The highest BCUT2D eigenvalue weighted by atomic mass is 35.5. The molecule has 0 aliphatic heterocycles. The first-order valence-corrected chi connectivity index (χ1v) is 8.42. The summed E-state index contributed by atoms with van der Waals surface area (Å²) in [5, 5.41) is 11.6. The second kappa shape index (κ2) is 7.68. The minimum atomic E-state index is -0.591. The molecular weight excluding hydrogens is 307 g/mol. The van der Waals surface area contributed by atoms with E-state index in [0.29, 0.717) is 28.2 Å². The van der Waals surface area contributed by atoms with Crippen molar-refractivity contribution in [3.05, 3.63) is 27.7 Å². The van der Waals surface area contributed by atoms with Crippen LogP contribution in [0, 0.1) is 11.8 Å². The highest BCUT2D eigenvalue weighted by molar-refractivity contribution is 6.38. The van der Waals surface area contributed by atoms with E-state index in [9.17, 15) is 5.11 Å². The number of anilines is 1. The molecule has 1 unspecified atom stereocenters. The molecule has 0 amide bonds. The third-order valence-electron chi connectivity index (χ3n) is 4.60. The number of aliphatic hydroxyl groups excluding tert-OH is 1. The number of hydrogen-bond donors (Lipinski definition) is 3. The van der Waals surface area contributed by atoms with Crippen molar-refractivity contribution in [2.75, 3.05) is 12.3 Å². The molecule has 1 aliphatic carbocycles. The van der Waals surface area contributed by atoms with Gasteiger partial charge in [0.15, 0.2) is 0 Å². The number of rotatable bonds is 5. The van der Waals surface area contributed by atoms with Crippen molar-refractivity contribution in [2.24, 2.45) is 17.6 Å². The van der Waals surface area contributed by atoms with Crippen LogP contribution in [0.4, 0.5) is 5.69 Å². The third-order valence-corrected chi connectivity index (χ3v) is 5.23. The van der Waals surface area contributed by atoms with Crippen molar-refractivity contribution in [1.29, 1.82) is 0 Å². The average molecular weight is 331 g/mol. The van der Waals surface area contributed by atoms with Gasteiger partial charge in [0.1, 0.15) is 0 Å². The SMILES string of the molecule is NCC[C@H](C1CCCCC1)C(O)c1cc(Cl)c(N)c(Cl)c1. The maximum absolute atomic E-state index is 10.8. The van der Waals surface area contributed by atoms with Gasteiger partial charge in [-0.3, -0.25) is 0 Å². The highest BCUT2D eigenvalue weighted by Crippen LogP contribution is 2.41. The van der Waals surface area contributed by atoms with Gasteiger partial charge in [0, 0.05) is 0 Å². The fourth-order valence-electron chi connectivity index (χ4n) is 3.43. The fourth-order valence-corrected chi connectivity index (χ4v) is 3.93. The molecule has 0 bridgehead atoms. The summed E-state index contributed by atoms with van der Waals surface area (Å²) in [6.45, 7) is 0.578. The molecule has 3 nitrogen and oxygen atoms in total. The van der Waals surface area contributed by atoms with Crippen LogP contribution in [0.5, 0.6) is 0 Å². The van der Waals surface area contributed by atoms with Gasteiger partial charge < -0.3 is 16.6 Å². The maximum atomic E-state index is 10.8. The number of aliphatic hydroxyl groups is 1. The lowest BCUT2D eigenvalue weighted by Crippen LogP contribution is -2.26. The van der Waals surface area contributed by atoms with Gasteiger partial charge in [-0.1, -0.05) is 55.3 Å². The lowest BCUT2D eigenvalue weighted by Gasteiger charge is -2.33. The van der Waals surface area contributed by atoms with Gasteiger partial charge in [-0.25, -0.2) is 0 Å². The summed E-state index contributed by atoms with van der Waals surface area (Å²) in [7, 11) is 0. The first-order valence-electron chi connectivity index (χ1n) is 7.67. The molecule has 1 aromatic rings. The first kappa shape index (κ1) is 16.9. The zero-order valence-corrected chi connectivity index (χ0v) is 13.7. The van der Waals surface area contributed by atoms with Crippen LogP contribution < -0.4 is 11.5 Å². The smallest absolute Gasteiger partial charge is 0.0822 e. The largest absolute Gasteiger partial charge is 0.396 e. The molecule has 21 heavy (non-hydrogen) atoms. The topological polar surface area (TPSA) is 72.3 Å². The van der Waals surface area contributed by atoms with Gasteiger partial charge >= 0.3 is 0 Å². The Morgan fingerprint density at radius 1 is 1.14 bits per heavy atom. The van der Waals surface area contributed by atoms with Gasteiger partial charge in [-0.15, -0.1) is 0 Å². The Morgan fingerprint density at radius 2 is 1.71 bits per heavy atom. The van der Waals surface area contributed by atoms with E-state index < -0.39 is 6.10 Å². The lowest BCUT2D eigenvalue weighted by molar-refractivity contribution is 0.0535. The predicted molar refractivity (Wildman–Crippen MR) is 89.6 cm³/mol. The molecule has 5 heteroatoms. The number of hydrogen-bond acceptors (Lipinski definition) is 3. The molecule has 5 N–H and O–H groups in total. The third kappa shape index (κ3) is 4.04. The molecule has 1 aromatic carbocycles. The Labute approximate surface area is 136 Å². The van der Waals surface area contributed by atoms with Gasteiger partial charge in [-0.05, 0) is 42.5 Å². The number of benzene rings is 1. The minimum Gasteiger partial charge on any atom is -0.396 e. The van der Waals surface area contributed by atoms with Crippen molar-refractivity contribution in [3.63, 3.8) is 0 Å². The second-order valence-corrected chi connectivity index (χ2v) is 6.80. The zero-order valence-electron chi connectivity index (χ0n) is 12.2. The molecule has 0 aromatic heterocycles. The molecule has 0 saturated heterocycles. The number of nitrogens with two attached hydrogens (primary N) is 2. The molecule has 0 heterocycles. The van der Waals surface area contributed by atoms with E-state index in [1.807, 2.05) is 0 Å². The van der Waals surface area contributed by atoms with Crippen LogP contribution in [-0.4, -0.2) is 11.7 Å². The van der Waals surface area contributed by atoms with E-state index in [0.717, 1.165) is 24.8 Å². The standard InChI is InChI=1S/C16H24Cl2N2O/c17-13-8-11(9-14(18)15(13)20)16(21)12(6-7-19)10-4-2-1-3-5-10/h8-10,12,16,21H,1-7,19-20H2/t12-,16?/m1/s1. The van der Waals surface area contributed by atoms with Crippen molar-refractivity contribution in [1.82, 2.24) is 0 Å². The van der Waals surface area contributed by atoms with Crippen LogP contribution >= 0.6 is 23.2 Å². The van der Waals surface area contributed by atoms with Crippen LogP contribution in [0.15, 0.2) is 12.1 Å². The molecule has 118 valence electrons. The van der Waals surface area contributed by atoms with E-state index >= 15 is 0 Å². The number of nitrogen functional groups attached to an aromatic ring is 1. The Bertz CT molecular complexity index is 452. The maximum Gasteiger partial charge on any atom is 0.0822 e. The van der Waals surface area contributed by atoms with Crippen molar-refractivity contribution >= 4 is 28.9 Å². The molecule has 2 atom stereocenters. The van der Waals surface area contributed by atoms with Crippen LogP contribution in [0.1, 0.15) is 50.2 Å². The summed E-state index contributed by atoms with van der Waals surface area (Å²) in [4.78, 5) is 0. The number of halogens is 2. The molecule has 1 aliphatic rings. The fraction of sp³-hybridized carbons (Fsp3) is 0.625. The summed E-state index contributed by atoms with van der Waals surface area (Å²) in [6.07, 6.45) is 6.32. The van der Waals surface area contributed by atoms with Crippen LogP contribution in [0.25, 0.3) is 0 Å². The predicted octanol–water partition coefficient (Wildman–Crippen LogP) is 4.15. The van der Waals surface area contributed by atoms with Crippen LogP contribution in [-0.2, 0) is 0 Å². The van der Waals surface area contributed by atoms with Crippen LogP contribution in [0.3, 0.4) is 0 Å². The van der Waals surface area contributed by atoms with Gasteiger partial charge in [-0.2, -0.15) is 0 Å². The quantitative estimate of drug-likeness (QED) is 0.710. The molecular formula is C16H24Cl2N2O. The Morgan fingerprint density at radius 3 is 2.24 bits per heavy atom. The van der Waals surface area contributed by atoms with E-state index in [2.05, 4.69) is 0 Å². The molecule has 0 radical (unpaired) electrons. The summed E-state index contributed by atoms with van der Waals surface area (Å²) < 4.78 is 0. The monoisotopic (exact) mass is 330 g/mol. The van der Waals surface area contributed by atoms with Gasteiger partial charge in [0.05, 0.1) is 21.8 Å². The van der Waals surface area contributed by atoms with Gasteiger partial charge in [0.2, 0.25) is 0 Å². The van der Waals surface area contributed by atoms with Crippen molar-refractivity contribution in [3.8, 4) is 0 Å². The molecule has 1 fully saturated rings. The Balaban J connectivity index is 2.22.